The number of fused-ring (bicyclic) bond motifs is 2. The summed E-state index contributed by atoms with van der Waals surface area (Å²) in [7, 11) is 0. The van der Waals surface area contributed by atoms with Crippen molar-refractivity contribution >= 4 is 11.9 Å². The number of esters is 1. The van der Waals surface area contributed by atoms with Gasteiger partial charge in [-0.05, 0) is 33.1 Å². The summed E-state index contributed by atoms with van der Waals surface area (Å²) in [4.78, 5) is 25.1. The molecule has 0 aromatic rings. The minimum Gasteiger partial charge on any atom is -0.481 e. The van der Waals surface area contributed by atoms with Crippen LogP contribution in [0.5, 0.6) is 0 Å². The Kier molecular flexibility index (Phi) is 23.7. The molecule has 20 atom stereocenters. The molecule has 3 rings (SSSR count). The molecule has 0 radical (unpaired) electrons. The van der Waals surface area contributed by atoms with Gasteiger partial charge in [-0.2, -0.15) is 0 Å². The summed E-state index contributed by atoms with van der Waals surface area (Å²) >= 11 is 0. The molecule has 2 saturated heterocycles. The highest BCUT2D eigenvalue weighted by molar-refractivity contribution is 5.72. The van der Waals surface area contributed by atoms with E-state index in [0.29, 0.717) is 0 Å². The van der Waals surface area contributed by atoms with E-state index in [0.717, 1.165) is 0 Å². The molecule has 0 aliphatic carbocycles. The average molecular weight is 940 g/mol. The summed E-state index contributed by atoms with van der Waals surface area (Å²) in [5.74, 6) is -7.79. The molecule has 2 fully saturated rings. The zero-order chi connectivity index (χ0) is 49.3. The quantitative estimate of drug-likeness (QED) is 0.161. The second-order valence-corrected chi connectivity index (χ2v) is 17.6. The van der Waals surface area contributed by atoms with Crippen molar-refractivity contribution in [2.75, 3.05) is 0 Å². The lowest BCUT2D eigenvalue weighted by Crippen LogP contribution is -2.65. The number of hydrogen-bond acceptors (Lipinski definition) is 18. The molecule has 2 bridgehead atoms. The number of carbonyl (C=O) groups is 2. The molecule has 0 aromatic heterocycles. The van der Waals surface area contributed by atoms with Crippen LogP contribution in [-0.2, 0) is 28.5 Å². The van der Waals surface area contributed by atoms with Crippen molar-refractivity contribution in [1.82, 2.24) is 0 Å². The molecule has 66 heavy (non-hydrogen) atoms. The normalized spacial score (nSPS) is 46.1. The topological polar surface area (TPSA) is 340 Å². The number of aliphatic hydroxyl groups is 11. The second kappa shape index (κ2) is 27.5. The van der Waals surface area contributed by atoms with Gasteiger partial charge in [0.15, 0.2) is 12.1 Å². The first-order valence-electron chi connectivity index (χ1n) is 22.4. The standard InChI is InChI=1S/C47H73NO18/c1-26-17-15-13-11-9-7-5-6-8-10-12-14-16-18-33(65-46-43(58)39(48)41(56)29(4)64-46)24-36-38(45(60)61)42(57)44(59)47(62,66-36)25-32(51)22-35(53)34(52)20-19-30(49)21-31(50)23-37(54)63-28(3)27(2)40(26)55/h5-18,26-36,38-44,46,49-53,55-59,62H,19-25,48H2,1-4H3,(H,60,61)/b6-5+,9-7+,10-8+,13-11+,14-12+,17-15+,18-16+. The van der Waals surface area contributed by atoms with Gasteiger partial charge in [-0.3, -0.25) is 9.59 Å². The zero-order valence-corrected chi connectivity index (χ0v) is 37.9. The fraction of sp³-hybridized carbons (Fsp3) is 0.660. The predicted octanol–water partition coefficient (Wildman–Crippen LogP) is -0.317. The van der Waals surface area contributed by atoms with Gasteiger partial charge in [0.1, 0.15) is 30.3 Å². The molecular weight excluding hydrogens is 867 g/mol. The number of carboxylic acids is 1. The Morgan fingerprint density at radius 2 is 1.23 bits per heavy atom. The Morgan fingerprint density at radius 1 is 0.667 bits per heavy atom. The van der Waals surface area contributed by atoms with E-state index in [1.807, 2.05) is 13.0 Å². The van der Waals surface area contributed by atoms with E-state index in [2.05, 4.69) is 0 Å². The molecular formula is C47H73NO18. The Hall–Kier alpha value is -3.48. The summed E-state index contributed by atoms with van der Waals surface area (Å²) in [6.45, 7) is 6.68. The van der Waals surface area contributed by atoms with Crippen molar-refractivity contribution < 1.29 is 89.8 Å². The van der Waals surface area contributed by atoms with Crippen LogP contribution in [0.4, 0.5) is 0 Å². The zero-order valence-electron chi connectivity index (χ0n) is 37.9. The number of nitrogens with two attached hydrogens (primary N) is 1. The van der Waals surface area contributed by atoms with Gasteiger partial charge in [0.05, 0.1) is 73.5 Å². The molecule has 19 nitrogen and oxygen atoms in total. The van der Waals surface area contributed by atoms with Crippen LogP contribution in [0.15, 0.2) is 85.1 Å². The first-order chi connectivity index (χ1) is 31.1. The van der Waals surface area contributed by atoms with Crippen molar-refractivity contribution in [2.24, 2.45) is 23.5 Å². The molecule has 0 saturated carbocycles. The average Bonchev–Trinajstić information content (AvgIpc) is 3.24. The summed E-state index contributed by atoms with van der Waals surface area (Å²) < 4.78 is 22.9. The van der Waals surface area contributed by atoms with E-state index in [-0.39, 0.29) is 25.2 Å². The van der Waals surface area contributed by atoms with E-state index in [1.54, 1.807) is 80.7 Å². The van der Waals surface area contributed by atoms with Crippen LogP contribution in [0.25, 0.3) is 0 Å². The van der Waals surface area contributed by atoms with E-state index >= 15 is 0 Å². The number of carboxylic acid groups (broad SMARTS) is 1. The molecule has 19 heteroatoms. The van der Waals surface area contributed by atoms with Crippen LogP contribution in [0, 0.1) is 17.8 Å². The number of rotatable bonds is 3. The van der Waals surface area contributed by atoms with Gasteiger partial charge in [-0.1, -0.05) is 98.9 Å². The molecule has 3 aliphatic rings. The maximum atomic E-state index is 12.6. The lowest BCUT2D eigenvalue weighted by Gasteiger charge is -2.48. The van der Waals surface area contributed by atoms with Crippen molar-refractivity contribution in [2.45, 2.75) is 176 Å². The molecule has 20 unspecified atom stereocenters. The summed E-state index contributed by atoms with van der Waals surface area (Å²) in [6, 6.07) is -1.19. The van der Waals surface area contributed by atoms with Gasteiger partial charge in [-0.15, -0.1) is 0 Å². The Labute approximate surface area is 385 Å². The summed E-state index contributed by atoms with van der Waals surface area (Å²) in [5, 5.41) is 129. The fourth-order valence-electron chi connectivity index (χ4n) is 7.94. The van der Waals surface area contributed by atoms with E-state index in [9.17, 15) is 70.9 Å². The number of aliphatic hydroxyl groups excluding tert-OH is 10. The summed E-state index contributed by atoms with van der Waals surface area (Å²) in [6.07, 6.45) is -0.505. The smallest absolute Gasteiger partial charge is 0.311 e. The minimum atomic E-state index is -2.81. The van der Waals surface area contributed by atoms with Gasteiger partial charge in [0.2, 0.25) is 0 Å². The lowest BCUT2D eigenvalue weighted by atomic mass is 9.81. The number of ether oxygens (including phenoxy) is 4. The first kappa shape index (κ1) is 56.8. The van der Waals surface area contributed by atoms with Crippen molar-refractivity contribution in [3.8, 4) is 0 Å². The van der Waals surface area contributed by atoms with Gasteiger partial charge < -0.3 is 86.0 Å². The lowest BCUT2D eigenvalue weighted by molar-refractivity contribution is -0.347. The van der Waals surface area contributed by atoms with Crippen molar-refractivity contribution in [3.05, 3.63) is 85.1 Å². The highest BCUT2D eigenvalue weighted by atomic mass is 16.7. The maximum absolute atomic E-state index is 12.6. The molecule has 0 amide bonds. The highest BCUT2D eigenvalue weighted by Crippen LogP contribution is 2.38. The van der Waals surface area contributed by atoms with Gasteiger partial charge in [0, 0.05) is 31.1 Å². The van der Waals surface area contributed by atoms with Gasteiger partial charge in [0.25, 0.3) is 0 Å². The molecule has 0 spiro atoms. The SMILES string of the molecule is CC1/C=C/C=C/C=C/C=C/C=C/C=C/C=C/C(OC2OC(C)C(O)C(N)C2O)CC2OC(O)(CC(O)CC(O)C(O)CCC(O)CC(O)CC(=O)OC(C)C(C)C1O)C(O)C(O)C2C(=O)O. The minimum absolute atomic E-state index is 0.150. The molecule has 3 aliphatic heterocycles. The Bertz CT molecular complexity index is 1700. The van der Waals surface area contributed by atoms with E-state index in [1.165, 1.54) is 19.1 Å². The molecule has 374 valence electrons. The number of hydrogen-bond donors (Lipinski definition) is 13. The van der Waals surface area contributed by atoms with Crippen molar-refractivity contribution in [3.63, 3.8) is 0 Å². The number of allylic oxidation sites excluding steroid dienone is 12. The van der Waals surface area contributed by atoms with Gasteiger partial charge in [-0.25, -0.2) is 0 Å². The molecule has 14 N–H and O–H groups in total. The van der Waals surface area contributed by atoms with Crippen LogP contribution in [-0.4, -0.2) is 177 Å². The van der Waals surface area contributed by atoms with Crippen LogP contribution in [0.3, 0.4) is 0 Å². The van der Waals surface area contributed by atoms with Crippen LogP contribution >= 0.6 is 0 Å². The first-order valence-corrected chi connectivity index (χ1v) is 22.4. The van der Waals surface area contributed by atoms with E-state index < -0.39 is 153 Å². The number of carbonyl (C=O) groups excluding carboxylic acids is 1. The second-order valence-electron chi connectivity index (χ2n) is 17.6. The molecule has 3 heterocycles. The highest BCUT2D eigenvalue weighted by Gasteiger charge is 2.56. The maximum Gasteiger partial charge on any atom is 0.311 e. The van der Waals surface area contributed by atoms with Crippen LogP contribution < -0.4 is 5.73 Å². The van der Waals surface area contributed by atoms with E-state index in [4.69, 9.17) is 24.7 Å². The van der Waals surface area contributed by atoms with Crippen LogP contribution in [0.1, 0.15) is 72.6 Å². The van der Waals surface area contributed by atoms with Crippen molar-refractivity contribution in [1.29, 1.82) is 0 Å². The Balaban J connectivity index is 1.89. The summed E-state index contributed by atoms with van der Waals surface area (Å²) in [5.41, 5.74) is 6.00. The third kappa shape index (κ3) is 17.6. The monoisotopic (exact) mass is 939 g/mol. The van der Waals surface area contributed by atoms with Crippen LogP contribution in [0.2, 0.25) is 0 Å². The predicted molar refractivity (Wildman–Crippen MR) is 238 cm³/mol. The third-order valence-corrected chi connectivity index (χ3v) is 12.2. The fourth-order valence-corrected chi connectivity index (χ4v) is 7.94. The Morgan fingerprint density at radius 3 is 1.80 bits per heavy atom. The number of cyclic esters (lactones) is 1. The number of aliphatic carboxylic acids is 1. The molecule has 0 aromatic carbocycles. The third-order valence-electron chi connectivity index (χ3n) is 12.2. The van der Waals surface area contributed by atoms with Gasteiger partial charge >= 0.3 is 11.9 Å². The largest absolute Gasteiger partial charge is 0.481 e.